The molecule has 2 aliphatic heterocycles. The fourth-order valence-electron chi connectivity index (χ4n) is 4.66. The lowest BCUT2D eigenvalue weighted by molar-refractivity contribution is 0.0985. The first-order valence-electron chi connectivity index (χ1n) is 10.9. The van der Waals surface area contributed by atoms with E-state index in [0.29, 0.717) is 18.7 Å². The van der Waals surface area contributed by atoms with Crippen molar-refractivity contribution in [1.29, 1.82) is 0 Å². The number of ether oxygens (including phenoxy) is 1. The number of rotatable bonds is 4. The Bertz CT molecular complexity index is 1100. The van der Waals surface area contributed by atoms with Crippen LogP contribution in [0.25, 0.3) is 0 Å². The number of fused-ring (bicyclic) bond motifs is 1. The standard InChI is InChI=1S/C24H30N2O4S/c1-17-9-11-21-19(15-17)8-6-13-25(21)24(27)20-10-12-22(30-3)23(16-20)31(28,29)26-14-5-4-7-18(26)2/h9-12,15-16,18H,4-8,13-14H2,1-3H3. The third-order valence-corrected chi connectivity index (χ3v) is 8.37. The van der Waals surface area contributed by atoms with Gasteiger partial charge in [-0.2, -0.15) is 4.31 Å². The van der Waals surface area contributed by atoms with Crippen LogP contribution in [0.4, 0.5) is 5.69 Å². The van der Waals surface area contributed by atoms with Gasteiger partial charge in [0, 0.05) is 30.4 Å². The van der Waals surface area contributed by atoms with E-state index >= 15 is 0 Å². The first-order valence-corrected chi connectivity index (χ1v) is 12.4. The van der Waals surface area contributed by atoms with Gasteiger partial charge in [0.2, 0.25) is 10.0 Å². The number of hydrogen-bond donors (Lipinski definition) is 0. The van der Waals surface area contributed by atoms with Crippen molar-refractivity contribution < 1.29 is 17.9 Å². The Morgan fingerprint density at radius 1 is 1.06 bits per heavy atom. The summed E-state index contributed by atoms with van der Waals surface area (Å²) >= 11 is 0. The number of aryl methyl sites for hydroxylation is 2. The molecule has 0 aromatic heterocycles. The predicted molar refractivity (Wildman–Crippen MR) is 121 cm³/mol. The molecule has 1 atom stereocenters. The molecule has 1 amide bonds. The van der Waals surface area contributed by atoms with Crippen LogP contribution in [0.1, 0.15) is 54.1 Å². The van der Waals surface area contributed by atoms with Gasteiger partial charge < -0.3 is 9.64 Å². The minimum atomic E-state index is -3.77. The SMILES string of the molecule is COc1ccc(C(=O)N2CCCc3cc(C)ccc32)cc1S(=O)(=O)N1CCCCC1C. The minimum absolute atomic E-state index is 0.0655. The molecule has 0 radical (unpaired) electrons. The molecule has 0 bridgehead atoms. The van der Waals surface area contributed by atoms with Crippen molar-refractivity contribution >= 4 is 21.6 Å². The summed E-state index contributed by atoms with van der Waals surface area (Å²) in [6.07, 6.45) is 4.53. The summed E-state index contributed by atoms with van der Waals surface area (Å²) in [7, 11) is -2.31. The molecule has 7 heteroatoms. The van der Waals surface area contributed by atoms with Crippen LogP contribution in [0.5, 0.6) is 5.75 Å². The third kappa shape index (κ3) is 4.08. The second-order valence-electron chi connectivity index (χ2n) is 8.52. The van der Waals surface area contributed by atoms with Crippen LogP contribution in [0, 0.1) is 6.92 Å². The Morgan fingerprint density at radius 2 is 1.87 bits per heavy atom. The zero-order chi connectivity index (χ0) is 22.2. The summed E-state index contributed by atoms with van der Waals surface area (Å²) < 4.78 is 33.9. The molecule has 0 aliphatic carbocycles. The summed E-state index contributed by atoms with van der Waals surface area (Å²) in [6, 6.07) is 10.8. The Balaban J connectivity index is 1.72. The second kappa shape index (κ2) is 8.63. The minimum Gasteiger partial charge on any atom is -0.495 e. The number of carbonyl (C=O) groups excluding carboxylic acids is 1. The molecule has 166 valence electrons. The van der Waals surface area contributed by atoms with Gasteiger partial charge in [0.25, 0.3) is 5.91 Å². The molecular weight excluding hydrogens is 412 g/mol. The zero-order valence-electron chi connectivity index (χ0n) is 18.4. The van der Waals surface area contributed by atoms with Crippen molar-refractivity contribution in [2.24, 2.45) is 0 Å². The molecule has 2 aliphatic rings. The predicted octanol–water partition coefficient (Wildman–Crippen LogP) is 4.16. The lowest BCUT2D eigenvalue weighted by Gasteiger charge is -2.33. The molecule has 1 unspecified atom stereocenters. The van der Waals surface area contributed by atoms with Gasteiger partial charge in [-0.25, -0.2) is 8.42 Å². The Kier molecular flexibility index (Phi) is 6.08. The first-order chi connectivity index (χ1) is 14.8. The highest BCUT2D eigenvalue weighted by Crippen LogP contribution is 2.34. The van der Waals surface area contributed by atoms with E-state index in [1.54, 1.807) is 21.3 Å². The molecule has 2 aromatic rings. The topological polar surface area (TPSA) is 66.9 Å². The molecule has 2 aromatic carbocycles. The molecule has 4 rings (SSSR count). The number of methoxy groups -OCH3 is 1. The van der Waals surface area contributed by atoms with E-state index in [4.69, 9.17) is 4.74 Å². The maximum absolute atomic E-state index is 13.5. The maximum Gasteiger partial charge on any atom is 0.258 e. The van der Waals surface area contributed by atoms with Gasteiger partial charge >= 0.3 is 0 Å². The van der Waals surface area contributed by atoms with Crippen LogP contribution in [0.2, 0.25) is 0 Å². The van der Waals surface area contributed by atoms with Gasteiger partial charge in [-0.3, -0.25) is 4.79 Å². The van der Waals surface area contributed by atoms with E-state index in [-0.39, 0.29) is 22.6 Å². The summed E-state index contributed by atoms with van der Waals surface area (Å²) in [4.78, 5) is 15.3. The van der Waals surface area contributed by atoms with E-state index in [1.165, 1.54) is 18.7 Å². The number of anilines is 1. The molecule has 2 heterocycles. The molecule has 1 saturated heterocycles. The molecule has 1 fully saturated rings. The van der Waals surface area contributed by atoms with Crippen molar-refractivity contribution in [3.05, 3.63) is 53.1 Å². The fourth-order valence-corrected chi connectivity index (χ4v) is 6.54. The summed E-state index contributed by atoms with van der Waals surface area (Å²) in [6.45, 7) is 5.09. The number of amides is 1. The van der Waals surface area contributed by atoms with Crippen LogP contribution in [-0.4, -0.2) is 44.9 Å². The lowest BCUT2D eigenvalue weighted by Crippen LogP contribution is -2.42. The normalized spacial score (nSPS) is 19.7. The van der Waals surface area contributed by atoms with Gasteiger partial charge in [-0.15, -0.1) is 0 Å². The average molecular weight is 443 g/mol. The average Bonchev–Trinajstić information content (AvgIpc) is 2.77. The molecule has 0 N–H and O–H groups in total. The maximum atomic E-state index is 13.5. The quantitative estimate of drug-likeness (QED) is 0.713. The smallest absolute Gasteiger partial charge is 0.258 e. The van der Waals surface area contributed by atoms with Gasteiger partial charge in [-0.05, 0) is 69.4 Å². The molecule has 0 saturated carbocycles. The van der Waals surface area contributed by atoms with Crippen LogP contribution < -0.4 is 9.64 Å². The highest BCUT2D eigenvalue weighted by Gasteiger charge is 2.34. The van der Waals surface area contributed by atoms with Gasteiger partial charge in [0.15, 0.2) is 0 Å². The van der Waals surface area contributed by atoms with Crippen LogP contribution in [0.3, 0.4) is 0 Å². The highest BCUT2D eigenvalue weighted by atomic mass is 32.2. The van der Waals surface area contributed by atoms with E-state index < -0.39 is 10.0 Å². The van der Waals surface area contributed by atoms with Gasteiger partial charge in [0.1, 0.15) is 10.6 Å². The van der Waals surface area contributed by atoms with Crippen molar-refractivity contribution in [3.63, 3.8) is 0 Å². The summed E-state index contributed by atoms with van der Waals surface area (Å²) in [5, 5.41) is 0. The first kappa shape index (κ1) is 21.8. The van der Waals surface area contributed by atoms with Crippen LogP contribution in [-0.2, 0) is 16.4 Å². The van der Waals surface area contributed by atoms with E-state index in [1.807, 2.05) is 26.0 Å². The monoisotopic (exact) mass is 442 g/mol. The van der Waals surface area contributed by atoms with E-state index in [0.717, 1.165) is 43.4 Å². The largest absolute Gasteiger partial charge is 0.495 e. The number of benzene rings is 2. The lowest BCUT2D eigenvalue weighted by atomic mass is 9.99. The number of piperidine rings is 1. The van der Waals surface area contributed by atoms with E-state index in [2.05, 4.69) is 6.07 Å². The van der Waals surface area contributed by atoms with Crippen molar-refractivity contribution in [1.82, 2.24) is 4.31 Å². The summed E-state index contributed by atoms with van der Waals surface area (Å²) in [5.74, 6) is 0.0830. The van der Waals surface area contributed by atoms with Gasteiger partial charge in [0.05, 0.1) is 7.11 Å². The summed E-state index contributed by atoms with van der Waals surface area (Å²) in [5.41, 5.74) is 3.59. The fraction of sp³-hybridized carbons (Fsp3) is 0.458. The van der Waals surface area contributed by atoms with Crippen molar-refractivity contribution in [3.8, 4) is 5.75 Å². The Morgan fingerprint density at radius 3 is 2.61 bits per heavy atom. The third-order valence-electron chi connectivity index (χ3n) is 6.34. The van der Waals surface area contributed by atoms with Crippen molar-refractivity contribution in [2.45, 2.75) is 56.9 Å². The highest BCUT2D eigenvalue weighted by molar-refractivity contribution is 7.89. The number of hydrogen-bond acceptors (Lipinski definition) is 4. The van der Waals surface area contributed by atoms with Crippen molar-refractivity contribution in [2.75, 3.05) is 25.1 Å². The molecular formula is C24H30N2O4S. The number of carbonyl (C=O) groups is 1. The second-order valence-corrected chi connectivity index (χ2v) is 10.4. The Hall–Kier alpha value is -2.38. The zero-order valence-corrected chi connectivity index (χ0v) is 19.2. The van der Waals surface area contributed by atoms with Crippen LogP contribution in [0.15, 0.2) is 41.3 Å². The molecule has 6 nitrogen and oxygen atoms in total. The van der Waals surface area contributed by atoms with Gasteiger partial charge in [-0.1, -0.05) is 24.1 Å². The molecule has 0 spiro atoms. The number of sulfonamides is 1. The molecule has 31 heavy (non-hydrogen) atoms. The number of nitrogens with zero attached hydrogens (tertiary/aromatic N) is 2. The Labute approximate surface area is 184 Å². The van der Waals surface area contributed by atoms with E-state index in [9.17, 15) is 13.2 Å². The van der Waals surface area contributed by atoms with Crippen LogP contribution >= 0.6 is 0 Å².